The van der Waals surface area contributed by atoms with E-state index in [1.807, 2.05) is 0 Å². The van der Waals surface area contributed by atoms with E-state index >= 15 is 0 Å². The highest BCUT2D eigenvalue weighted by molar-refractivity contribution is 7.15. The second kappa shape index (κ2) is 8.62. The minimum Gasteiger partial charge on any atom is -0.315 e. The third-order valence-electron chi connectivity index (χ3n) is 5.04. The number of benzene rings is 1. The van der Waals surface area contributed by atoms with Crippen LogP contribution in [0.5, 0.6) is 0 Å². The molecule has 0 saturated heterocycles. The van der Waals surface area contributed by atoms with Crippen molar-refractivity contribution in [1.29, 1.82) is 0 Å². The van der Waals surface area contributed by atoms with Crippen molar-refractivity contribution in [1.82, 2.24) is 20.1 Å². The minimum atomic E-state index is -0.373. The molecule has 0 unspecified atom stereocenters. The van der Waals surface area contributed by atoms with Crippen molar-refractivity contribution in [3.8, 4) is 10.4 Å². The summed E-state index contributed by atoms with van der Waals surface area (Å²) in [6.45, 7) is 2.71. The Labute approximate surface area is 167 Å². The molecule has 1 aliphatic rings. The van der Waals surface area contributed by atoms with Gasteiger partial charge in [-0.15, -0.1) is 21.5 Å². The number of aromatic nitrogens is 3. The van der Waals surface area contributed by atoms with Gasteiger partial charge in [-0.05, 0) is 42.7 Å². The molecule has 1 aliphatic heterocycles. The van der Waals surface area contributed by atoms with Gasteiger partial charge in [0.05, 0.1) is 4.92 Å². The van der Waals surface area contributed by atoms with E-state index in [9.17, 15) is 10.1 Å². The molecule has 0 spiro atoms. The Morgan fingerprint density at radius 3 is 2.79 bits per heavy atom. The van der Waals surface area contributed by atoms with Crippen molar-refractivity contribution in [3.63, 3.8) is 0 Å². The molecule has 3 heterocycles. The Bertz CT molecular complexity index is 948. The van der Waals surface area contributed by atoms with Crippen LogP contribution in [0.15, 0.2) is 36.4 Å². The van der Waals surface area contributed by atoms with Gasteiger partial charge >= 0.3 is 0 Å². The number of hydrogen-bond donors (Lipinski definition) is 1. The van der Waals surface area contributed by atoms with E-state index in [2.05, 4.69) is 32.2 Å². The molecule has 8 heteroatoms. The van der Waals surface area contributed by atoms with Crippen molar-refractivity contribution in [2.24, 2.45) is 0 Å². The SMILES string of the molecule is O=[N+]([O-])c1ccc(-c2ccc(CNCCc3nnc4n3CCCCC4)s2)cc1. The lowest BCUT2D eigenvalue weighted by Crippen LogP contribution is -2.18. The molecule has 0 atom stereocenters. The average molecular weight is 398 g/mol. The molecule has 0 aliphatic carbocycles. The predicted molar refractivity (Wildman–Crippen MR) is 109 cm³/mol. The van der Waals surface area contributed by atoms with Crippen molar-refractivity contribution in [2.75, 3.05) is 6.54 Å². The molecule has 0 bridgehead atoms. The normalized spacial score (nSPS) is 13.9. The molecule has 7 nitrogen and oxygen atoms in total. The zero-order valence-corrected chi connectivity index (χ0v) is 16.5. The second-order valence-corrected chi connectivity index (χ2v) is 8.16. The second-order valence-electron chi connectivity index (χ2n) is 6.99. The fourth-order valence-corrected chi connectivity index (χ4v) is 4.50. The first kappa shape index (κ1) is 18.8. The maximum atomic E-state index is 10.8. The standard InChI is InChI=1S/C20H23N5O2S/c26-25(27)16-7-5-15(6-8-16)18-10-9-17(28-18)14-21-12-11-20-23-22-19-4-2-1-3-13-24(19)20/h5-10,21H,1-4,11-14H2. The van der Waals surface area contributed by atoms with Gasteiger partial charge in [0, 0.05) is 54.4 Å². The zero-order chi connectivity index (χ0) is 19.3. The van der Waals surface area contributed by atoms with Crippen LogP contribution in [0.1, 0.15) is 35.8 Å². The van der Waals surface area contributed by atoms with E-state index < -0.39 is 0 Å². The van der Waals surface area contributed by atoms with Crippen LogP contribution < -0.4 is 5.32 Å². The zero-order valence-electron chi connectivity index (χ0n) is 15.6. The van der Waals surface area contributed by atoms with E-state index in [1.54, 1.807) is 35.6 Å². The largest absolute Gasteiger partial charge is 0.315 e. The third kappa shape index (κ3) is 4.28. The summed E-state index contributed by atoms with van der Waals surface area (Å²) in [5, 5.41) is 23.0. The van der Waals surface area contributed by atoms with E-state index in [1.165, 1.54) is 24.1 Å². The molecule has 0 amide bonds. The third-order valence-corrected chi connectivity index (χ3v) is 6.17. The minimum absolute atomic E-state index is 0.119. The Balaban J connectivity index is 1.29. The van der Waals surface area contributed by atoms with Crippen LogP contribution in [0.2, 0.25) is 0 Å². The van der Waals surface area contributed by atoms with Gasteiger partial charge in [-0.3, -0.25) is 10.1 Å². The monoisotopic (exact) mass is 397 g/mol. The van der Waals surface area contributed by atoms with Crippen LogP contribution in [0.4, 0.5) is 5.69 Å². The topological polar surface area (TPSA) is 85.9 Å². The van der Waals surface area contributed by atoms with E-state index in [-0.39, 0.29) is 10.6 Å². The van der Waals surface area contributed by atoms with Gasteiger partial charge in [-0.25, -0.2) is 0 Å². The first-order valence-corrected chi connectivity index (χ1v) is 10.5. The summed E-state index contributed by atoms with van der Waals surface area (Å²) >= 11 is 1.71. The van der Waals surface area contributed by atoms with Crippen molar-refractivity contribution >= 4 is 17.0 Å². The summed E-state index contributed by atoms with van der Waals surface area (Å²) in [6.07, 6.45) is 5.63. The van der Waals surface area contributed by atoms with Gasteiger partial charge in [0.1, 0.15) is 11.6 Å². The van der Waals surface area contributed by atoms with Gasteiger partial charge in [0.25, 0.3) is 5.69 Å². The Hall–Kier alpha value is -2.58. The van der Waals surface area contributed by atoms with Crippen LogP contribution in [-0.4, -0.2) is 26.2 Å². The van der Waals surface area contributed by atoms with Gasteiger partial charge in [-0.2, -0.15) is 0 Å². The highest BCUT2D eigenvalue weighted by Crippen LogP contribution is 2.29. The maximum Gasteiger partial charge on any atom is 0.269 e. The molecular weight excluding hydrogens is 374 g/mol. The number of hydrogen-bond acceptors (Lipinski definition) is 6. The number of thiophene rings is 1. The van der Waals surface area contributed by atoms with E-state index in [0.29, 0.717) is 0 Å². The van der Waals surface area contributed by atoms with Gasteiger partial charge in [0.15, 0.2) is 0 Å². The number of non-ortho nitro benzene ring substituents is 1. The molecule has 146 valence electrons. The molecule has 0 fully saturated rings. The molecule has 0 saturated carbocycles. The van der Waals surface area contributed by atoms with Crippen LogP contribution in [0.25, 0.3) is 10.4 Å². The number of nitrogens with zero attached hydrogens (tertiary/aromatic N) is 4. The summed E-state index contributed by atoms with van der Waals surface area (Å²) in [6, 6.07) is 10.9. The predicted octanol–water partition coefficient (Wildman–Crippen LogP) is 3.97. The molecule has 28 heavy (non-hydrogen) atoms. The van der Waals surface area contributed by atoms with Crippen LogP contribution in [-0.2, 0) is 25.9 Å². The molecule has 1 aromatic carbocycles. The molecule has 3 aromatic rings. The first-order valence-electron chi connectivity index (χ1n) is 9.66. The van der Waals surface area contributed by atoms with Crippen LogP contribution >= 0.6 is 11.3 Å². The van der Waals surface area contributed by atoms with Crippen molar-refractivity contribution in [3.05, 3.63) is 63.0 Å². The maximum absolute atomic E-state index is 10.8. The summed E-state index contributed by atoms with van der Waals surface area (Å²) in [5.41, 5.74) is 1.13. The molecule has 4 rings (SSSR count). The number of aryl methyl sites for hydroxylation is 1. The summed E-state index contributed by atoms with van der Waals surface area (Å²) < 4.78 is 2.30. The number of nitro benzene ring substituents is 1. The lowest BCUT2D eigenvalue weighted by atomic mass is 10.2. The van der Waals surface area contributed by atoms with E-state index in [0.717, 1.165) is 54.6 Å². The number of fused-ring (bicyclic) bond motifs is 1. The van der Waals surface area contributed by atoms with Crippen molar-refractivity contribution in [2.45, 2.75) is 45.2 Å². The molecule has 1 N–H and O–H groups in total. The highest BCUT2D eigenvalue weighted by Gasteiger charge is 2.14. The first-order chi connectivity index (χ1) is 13.7. The van der Waals surface area contributed by atoms with Gasteiger partial charge in [0.2, 0.25) is 0 Å². The fraction of sp³-hybridized carbons (Fsp3) is 0.400. The quantitative estimate of drug-likeness (QED) is 0.370. The van der Waals surface area contributed by atoms with Crippen LogP contribution in [0.3, 0.4) is 0 Å². The lowest BCUT2D eigenvalue weighted by molar-refractivity contribution is -0.384. The Morgan fingerprint density at radius 1 is 1.11 bits per heavy atom. The van der Waals surface area contributed by atoms with E-state index in [4.69, 9.17) is 0 Å². The number of nitrogens with one attached hydrogen (secondary N) is 1. The smallest absolute Gasteiger partial charge is 0.269 e. The molecule has 2 aromatic heterocycles. The lowest BCUT2D eigenvalue weighted by Gasteiger charge is -2.07. The summed E-state index contributed by atoms with van der Waals surface area (Å²) in [7, 11) is 0. The van der Waals surface area contributed by atoms with Gasteiger partial charge < -0.3 is 9.88 Å². The number of nitro groups is 1. The average Bonchev–Trinajstić information content (AvgIpc) is 3.26. The van der Waals surface area contributed by atoms with Crippen LogP contribution in [0, 0.1) is 10.1 Å². The highest BCUT2D eigenvalue weighted by atomic mass is 32.1. The molecular formula is C20H23N5O2S. The number of rotatable bonds is 7. The summed E-state index contributed by atoms with van der Waals surface area (Å²) in [5.74, 6) is 2.22. The molecule has 0 radical (unpaired) electrons. The van der Waals surface area contributed by atoms with Crippen molar-refractivity contribution < 1.29 is 4.92 Å². The fourth-order valence-electron chi connectivity index (χ4n) is 3.52. The Kier molecular flexibility index (Phi) is 5.78. The van der Waals surface area contributed by atoms with Gasteiger partial charge in [-0.1, -0.05) is 6.42 Å². The Morgan fingerprint density at radius 2 is 1.96 bits per heavy atom. The summed E-state index contributed by atoms with van der Waals surface area (Å²) in [4.78, 5) is 12.8.